The minimum absolute atomic E-state index is 0.190. The average molecular weight is 383 g/mol. The van der Waals surface area contributed by atoms with Crippen LogP contribution in [0.5, 0.6) is 0 Å². The SMILES string of the molecule is CC(=O)CC1(c2nc(N3CCN(c4ccc(C)cc4C)C[C@@H]3C)no2)CCC1. The highest BCUT2D eigenvalue weighted by Crippen LogP contribution is 2.46. The number of rotatable bonds is 5. The topological polar surface area (TPSA) is 62.5 Å². The second kappa shape index (κ2) is 7.22. The van der Waals surface area contributed by atoms with Gasteiger partial charge in [-0.15, -0.1) is 0 Å². The summed E-state index contributed by atoms with van der Waals surface area (Å²) in [6.45, 7) is 10.9. The number of ketones is 1. The lowest BCUT2D eigenvalue weighted by molar-refractivity contribution is -0.119. The van der Waals surface area contributed by atoms with Crippen molar-refractivity contribution in [3.05, 3.63) is 35.2 Å². The van der Waals surface area contributed by atoms with Gasteiger partial charge in [0, 0.05) is 37.8 Å². The molecule has 28 heavy (non-hydrogen) atoms. The lowest BCUT2D eigenvalue weighted by Gasteiger charge is -2.41. The van der Waals surface area contributed by atoms with Gasteiger partial charge >= 0.3 is 0 Å². The fraction of sp³-hybridized carbons (Fsp3) is 0.591. The molecule has 1 saturated carbocycles. The molecular formula is C22H30N4O2. The maximum absolute atomic E-state index is 11.7. The van der Waals surface area contributed by atoms with Gasteiger partial charge in [0.25, 0.3) is 5.95 Å². The van der Waals surface area contributed by atoms with Crippen molar-refractivity contribution in [2.75, 3.05) is 29.4 Å². The third kappa shape index (κ3) is 3.40. The first kappa shape index (κ1) is 19.0. The number of Topliss-reactive ketones (excluding diaryl/α,β-unsaturated/α-hetero) is 1. The van der Waals surface area contributed by atoms with Crippen molar-refractivity contribution < 1.29 is 9.32 Å². The van der Waals surface area contributed by atoms with Crippen molar-refractivity contribution in [1.29, 1.82) is 0 Å². The Bertz CT molecular complexity index is 871. The number of hydrogen-bond donors (Lipinski definition) is 0. The Hall–Kier alpha value is -2.37. The molecule has 2 fully saturated rings. The third-order valence-corrected chi connectivity index (χ3v) is 6.34. The molecule has 6 nitrogen and oxygen atoms in total. The van der Waals surface area contributed by atoms with E-state index in [0.717, 1.165) is 38.9 Å². The summed E-state index contributed by atoms with van der Waals surface area (Å²) in [4.78, 5) is 21.1. The molecule has 1 saturated heterocycles. The minimum atomic E-state index is -0.221. The van der Waals surface area contributed by atoms with Gasteiger partial charge in [-0.25, -0.2) is 0 Å². The van der Waals surface area contributed by atoms with Crippen LogP contribution in [0.1, 0.15) is 56.5 Å². The summed E-state index contributed by atoms with van der Waals surface area (Å²) in [6, 6.07) is 6.93. The van der Waals surface area contributed by atoms with E-state index in [1.807, 2.05) is 0 Å². The quantitative estimate of drug-likeness (QED) is 0.784. The van der Waals surface area contributed by atoms with Crippen LogP contribution < -0.4 is 9.80 Å². The average Bonchev–Trinajstić information content (AvgIpc) is 3.08. The fourth-order valence-corrected chi connectivity index (χ4v) is 4.73. The van der Waals surface area contributed by atoms with Gasteiger partial charge in [-0.2, -0.15) is 4.98 Å². The fourth-order valence-electron chi connectivity index (χ4n) is 4.73. The summed E-state index contributed by atoms with van der Waals surface area (Å²) in [6.07, 6.45) is 3.55. The number of benzene rings is 1. The first-order chi connectivity index (χ1) is 13.4. The van der Waals surface area contributed by atoms with Crippen molar-refractivity contribution in [3.8, 4) is 0 Å². The first-order valence-electron chi connectivity index (χ1n) is 10.3. The molecule has 150 valence electrons. The largest absolute Gasteiger partial charge is 0.367 e. The van der Waals surface area contributed by atoms with Gasteiger partial charge in [-0.1, -0.05) is 24.1 Å². The second-order valence-corrected chi connectivity index (χ2v) is 8.69. The Morgan fingerprint density at radius 3 is 2.68 bits per heavy atom. The highest BCUT2D eigenvalue weighted by atomic mass is 16.5. The van der Waals surface area contributed by atoms with Gasteiger partial charge < -0.3 is 14.3 Å². The van der Waals surface area contributed by atoms with E-state index in [1.54, 1.807) is 6.92 Å². The van der Waals surface area contributed by atoms with Gasteiger partial charge in [-0.3, -0.25) is 4.79 Å². The van der Waals surface area contributed by atoms with Crippen LogP contribution in [-0.4, -0.2) is 41.6 Å². The number of hydrogen-bond acceptors (Lipinski definition) is 6. The molecule has 0 amide bonds. The summed E-state index contributed by atoms with van der Waals surface area (Å²) in [5.74, 6) is 1.50. The Kier molecular flexibility index (Phi) is 4.89. The van der Waals surface area contributed by atoms with Crippen LogP contribution in [0.15, 0.2) is 22.7 Å². The van der Waals surface area contributed by atoms with E-state index in [9.17, 15) is 4.79 Å². The summed E-state index contributed by atoms with van der Waals surface area (Å²) in [5.41, 5.74) is 3.70. The Labute approximate surface area is 166 Å². The predicted octanol–water partition coefficient (Wildman–Crippen LogP) is 3.80. The first-order valence-corrected chi connectivity index (χ1v) is 10.3. The molecule has 1 aromatic carbocycles. The normalized spacial score (nSPS) is 21.5. The van der Waals surface area contributed by atoms with E-state index in [2.05, 4.69) is 53.9 Å². The van der Waals surface area contributed by atoms with Crippen LogP contribution in [0.25, 0.3) is 0 Å². The number of carbonyl (C=O) groups excluding carboxylic acids is 1. The molecule has 1 aromatic heterocycles. The van der Waals surface area contributed by atoms with Crippen molar-refractivity contribution in [2.45, 2.75) is 64.8 Å². The van der Waals surface area contributed by atoms with Gasteiger partial charge in [0.05, 0.1) is 5.41 Å². The van der Waals surface area contributed by atoms with Gasteiger partial charge in [0.1, 0.15) is 5.78 Å². The van der Waals surface area contributed by atoms with Crippen LogP contribution >= 0.6 is 0 Å². The van der Waals surface area contributed by atoms with Crippen LogP contribution in [0, 0.1) is 13.8 Å². The molecule has 2 aliphatic rings. The number of carbonyl (C=O) groups is 1. The third-order valence-electron chi connectivity index (χ3n) is 6.34. The monoisotopic (exact) mass is 382 g/mol. The summed E-state index contributed by atoms with van der Waals surface area (Å²) in [7, 11) is 0. The molecule has 0 bridgehead atoms. The summed E-state index contributed by atoms with van der Waals surface area (Å²) in [5, 5.41) is 4.28. The smallest absolute Gasteiger partial charge is 0.266 e. The van der Waals surface area contributed by atoms with E-state index in [1.165, 1.54) is 16.8 Å². The Morgan fingerprint density at radius 2 is 2.07 bits per heavy atom. The predicted molar refractivity (Wildman–Crippen MR) is 110 cm³/mol. The molecule has 0 unspecified atom stereocenters. The van der Waals surface area contributed by atoms with Crippen molar-refractivity contribution >= 4 is 17.4 Å². The van der Waals surface area contributed by atoms with Gasteiger partial charge in [0.2, 0.25) is 5.89 Å². The van der Waals surface area contributed by atoms with E-state index in [0.29, 0.717) is 18.3 Å². The highest BCUT2D eigenvalue weighted by molar-refractivity contribution is 5.77. The van der Waals surface area contributed by atoms with Crippen LogP contribution in [0.3, 0.4) is 0 Å². The number of piperazine rings is 1. The summed E-state index contributed by atoms with van der Waals surface area (Å²) < 4.78 is 5.65. The van der Waals surface area contributed by atoms with Crippen LogP contribution in [-0.2, 0) is 10.2 Å². The zero-order valence-electron chi connectivity index (χ0n) is 17.4. The number of aryl methyl sites for hydroxylation is 2. The maximum Gasteiger partial charge on any atom is 0.266 e. The van der Waals surface area contributed by atoms with Gasteiger partial charge in [0.15, 0.2) is 0 Å². The maximum atomic E-state index is 11.7. The molecule has 0 radical (unpaired) electrons. The molecule has 1 atom stereocenters. The molecular weight excluding hydrogens is 352 g/mol. The molecule has 0 N–H and O–H groups in total. The zero-order valence-corrected chi connectivity index (χ0v) is 17.4. The lowest BCUT2D eigenvalue weighted by atomic mass is 9.66. The number of nitrogens with zero attached hydrogens (tertiary/aromatic N) is 4. The standard InChI is InChI=1S/C22H30N4O2/c1-15-6-7-19(16(2)12-15)25-10-11-26(17(3)14-25)21-23-20(28-24-21)22(8-5-9-22)13-18(4)27/h6-7,12,17H,5,8-11,13-14H2,1-4H3/t17-/m0/s1. The van der Waals surface area contributed by atoms with Crippen molar-refractivity contribution in [1.82, 2.24) is 10.1 Å². The molecule has 6 heteroatoms. The lowest BCUT2D eigenvalue weighted by Crippen LogP contribution is -2.52. The summed E-state index contributed by atoms with van der Waals surface area (Å²) >= 11 is 0. The molecule has 4 rings (SSSR count). The van der Waals surface area contributed by atoms with Crippen LogP contribution in [0.4, 0.5) is 11.6 Å². The Balaban J connectivity index is 1.48. The molecule has 1 aliphatic carbocycles. The zero-order chi connectivity index (χ0) is 19.9. The highest BCUT2D eigenvalue weighted by Gasteiger charge is 2.45. The van der Waals surface area contributed by atoms with Crippen molar-refractivity contribution in [2.24, 2.45) is 0 Å². The van der Waals surface area contributed by atoms with E-state index >= 15 is 0 Å². The number of aromatic nitrogens is 2. The minimum Gasteiger partial charge on any atom is -0.367 e. The van der Waals surface area contributed by atoms with Crippen molar-refractivity contribution in [3.63, 3.8) is 0 Å². The van der Waals surface area contributed by atoms with E-state index in [-0.39, 0.29) is 17.2 Å². The van der Waals surface area contributed by atoms with E-state index < -0.39 is 0 Å². The van der Waals surface area contributed by atoms with Crippen LogP contribution in [0.2, 0.25) is 0 Å². The molecule has 2 heterocycles. The molecule has 1 aliphatic heterocycles. The van der Waals surface area contributed by atoms with E-state index in [4.69, 9.17) is 9.51 Å². The number of anilines is 2. The van der Waals surface area contributed by atoms with Gasteiger partial charge in [-0.05, 0) is 57.3 Å². The molecule has 2 aromatic rings. The molecule has 0 spiro atoms. The second-order valence-electron chi connectivity index (χ2n) is 8.69. The Morgan fingerprint density at radius 1 is 1.29 bits per heavy atom.